The molecular weight excluding hydrogens is 510 g/mol. The fourth-order valence-electron chi connectivity index (χ4n) is 5.14. The lowest BCUT2D eigenvalue weighted by atomic mass is 9.94. The topological polar surface area (TPSA) is 66.8 Å². The Morgan fingerprint density at radius 2 is 1.51 bits per heavy atom. The van der Waals surface area contributed by atoms with Gasteiger partial charge in [0.25, 0.3) is 0 Å². The van der Waals surface area contributed by atoms with E-state index in [1.54, 1.807) is 0 Å². The van der Waals surface area contributed by atoms with E-state index in [2.05, 4.69) is 65.6 Å². The maximum Gasteiger partial charge on any atom is 0.303 e. The second-order valence-electron chi connectivity index (χ2n) is 10.8. The number of para-hydroxylation sites is 1. The summed E-state index contributed by atoms with van der Waals surface area (Å²) in [6.45, 7) is 3.00. The third-order valence-electron chi connectivity index (χ3n) is 7.62. The van der Waals surface area contributed by atoms with Crippen LogP contribution in [0.2, 0.25) is 0 Å². The Morgan fingerprint density at radius 3 is 2.24 bits per heavy atom. The highest BCUT2D eigenvalue weighted by Gasteiger charge is 2.12. The largest absolute Gasteiger partial charge is 0.489 e. The van der Waals surface area contributed by atoms with E-state index < -0.39 is 5.97 Å². The van der Waals surface area contributed by atoms with Gasteiger partial charge in [-0.05, 0) is 79.8 Å². The number of unbranched alkanes of at least 4 members (excludes halogenated alkanes) is 1. The Labute approximate surface area is 244 Å². The van der Waals surface area contributed by atoms with Crippen molar-refractivity contribution in [3.8, 4) is 5.75 Å². The summed E-state index contributed by atoms with van der Waals surface area (Å²) >= 11 is 0. The molecule has 0 aliphatic heterocycles. The van der Waals surface area contributed by atoms with Crippen LogP contribution >= 0.6 is 0 Å². The highest BCUT2D eigenvalue weighted by atomic mass is 16.5. The summed E-state index contributed by atoms with van der Waals surface area (Å²) in [6, 6.07) is 26.6. The van der Waals surface area contributed by atoms with Gasteiger partial charge < -0.3 is 9.84 Å². The Hall–Kier alpha value is -3.96. The van der Waals surface area contributed by atoms with Gasteiger partial charge in [0.15, 0.2) is 0 Å². The Bertz CT molecular complexity index is 1310. The molecular formula is C36H41NO4. The molecule has 0 aromatic heterocycles. The predicted molar refractivity (Wildman–Crippen MR) is 164 cm³/mol. The van der Waals surface area contributed by atoms with Crippen molar-refractivity contribution in [1.82, 2.24) is 4.90 Å². The van der Waals surface area contributed by atoms with Crippen LogP contribution in [0.15, 0.2) is 102 Å². The van der Waals surface area contributed by atoms with Crippen molar-refractivity contribution in [1.29, 1.82) is 0 Å². The Kier molecular flexibility index (Phi) is 12.0. The van der Waals surface area contributed by atoms with Gasteiger partial charge >= 0.3 is 5.97 Å². The first-order valence-electron chi connectivity index (χ1n) is 14.7. The van der Waals surface area contributed by atoms with Crippen molar-refractivity contribution in [3.05, 3.63) is 124 Å². The van der Waals surface area contributed by atoms with Crippen LogP contribution in [0.3, 0.4) is 0 Å². The Balaban J connectivity index is 1.31. The molecule has 0 radical (unpaired) electrons. The molecule has 1 aliphatic carbocycles. The fraction of sp³-hybridized carbons (Fsp3) is 0.333. The van der Waals surface area contributed by atoms with E-state index in [9.17, 15) is 9.59 Å². The lowest BCUT2D eigenvalue weighted by Gasteiger charge is -2.23. The number of nitrogens with zero attached hydrogens (tertiary/aromatic N) is 1. The number of aryl methyl sites for hydroxylation is 1. The van der Waals surface area contributed by atoms with Crippen LogP contribution in [0.4, 0.5) is 0 Å². The fourth-order valence-corrected chi connectivity index (χ4v) is 5.14. The second kappa shape index (κ2) is 16.3. The number of benzene rings is 3. The molecule has 1 aliphatic rings. The summed E-state index contributed by atoms with van der Waals surface area (Å²) < 4.78 is 6.33. The van der Waals surface area contributed by atoms with Gasteiger partial charge in [-0.1, -0.05) is 90.5 Å². The molecule has 0 atom stereocenters. The van der Waals surface area contributed by atoms with Crippen LogP contribution < -0.4 is 4.74 Å². The molecule has 0 heterocycles. The summed E-state index contributed by atoms with van der Waals surface area (Å²) in [5, 5.41) is 9.01. The number of aldehydes is 1. The quantitative estimate of drug-likeness (QED) is 0.139. The molecule has 0 spiro atoms. The molecule has 1 N–H and O–H groups in total. The lowest BCUT2D eigenvalue weighted by Crippen LogP contribution is -2.27. The maximum atomic E-state index is 11.0. The van der Waals surface area contributed by atoms with Gasteiger partial charge in [0.1, 0.15) is 18.6 Å². The van der Waals surface area contributed by atoms with Crippen molar-refractivity contribution in [3.63, 3.8) is 0 Å². The summed E-state index contributed by atoms with van der Waals surface area (Å²) in [5.74, 6) is 0.174. The number of carbonyl (C=O) groups excluding carboxylic acids is 1. The number of carboxylic acids is 1. The monoisotopic (exact) mass is 551 g/mol. The summed E-state index contributed by atoms with van der Waals surface area (Å²) in [7, 11) is 0. The molecule has 4 rings (SSSR count). The summed E-state index contributed by atoms with van der Waals surface area (Å²) in [5.41, 5.74) is 7.19. The van der Waals surface area contributed by atoms with Crippen LogP contribution in [0.25, 0.3) is 0 Å². The minimum absolute atomic E-state index is 0.193. The number of carbonyl (C=O) groups is 2. The predicted octanol–water partition coefficient (Wildman–Crippen LogP) is 7.46. The van der Waals surface area contributed by atoms with Gasteiger partial charge in [-0.2, -0.15) is 0 Å². The number of hydrogen-bond acceptors (Lipinski definition) is 4. The summed E-state index contributed by atoms with van der Waals surface area (Å²) in [4.78, 5) is 24.3. The van der Waals surface area contributed by atoms with Crippen LogP contribution in [-0.4, -0.2) is 42.0 Å². The molecule has 0 saturated carbocycles. The molecule has 3 aromatic rings. The standard InChI is InChI=1S/C36H41NO4/c38-27-32-19-17-31(18-20-32)26-37(24-7-6-12-36(39)40)25-23-34-10-4-5-11-35(34)41-28-33-21-15-30(16-22-33)14-13-29-8-2-1-3-9-29/h1-5,8-11,15,17-21,27H,6-7,12-14,16,22-26,28H2,(H,39,40). The van der Waals surface area contributed by atoms with E-state index in [0.29, 0.717) is 18.6 Å². The first kappa shape index (κ1) is 30.0. The average molecular weight is 552 g/mol. The van der Waals surface area contributed by atoms with Crippen molar-refractivity contribution >= 4 is 12.3 Å². The van der Waals surface area contributed by atoms with Gasteiger partial charge in [-0.3, -0.25) is 14.5 Å². The van der Waals surface area contributed by atoms with E-state index >= 15 is 0 Å². The van der Waals surface area contributed by atoms with Crippen molar-refractivity contribution in [2.75, 3.05) is 19.7 Å². The molecule has 0 unspecified atom stereocenters. The first-order chi connectivity index (χ1) is 20.1. The highest BCUT2D eigenvalue weighted by Crippen LogP contribution is 2.25. The number of aliphatic carboxylic acids is 1. The van der Waals surface area contributed by atoms with Crippen molar-refractivity contribution in [2.45, 2.75) is 57.9 Å². The van der Waals surface area contributed by atoms with Crippen LogP contribution in [-0.2, 0) is 24.2 Å². The van der Waals surface area contributed by atoms with Crippen molar-refractivity contribution < 1.29 is 19.4 Å². The number of ether oxygens (including phenoxy) is 1. The second-order valence-corrected chi connectivity index (χ2v) is 10.8. The molecule has 3 aromatic carbocycles. The van der Waals surface area contributed by atoms with E-state index in [4.69, 9.17) is 9.84 Å². The lowest BCUT2D eigenvalue weighted by molar-refractivity contribution is -0.137. The number of allylic oxidation sites excluding steroid dienone is 3. The molecule has 41 heavy (non-hydrogen) atoms. The zero-order valence-electron chi connectivity index (χ0n) is 23.8. The number of carboxylic acid groups (broad SMARTS) is 1. The molecule has 5 nitrogen and oxygen atoms in total. The summed E-state index contributed by atoms with van der Waals surface area (Å²) in [6.07, 6.45) is 12.2. The van der Waals surface area contributed by atoms with Crippen LogP contribution in [0.5, 0.6) is 5.75 Å². The molecule has 0 bridgehead atoms. The van der Waals surface area contributed by atoms with Gasteiger partial charge in [-0.25, -0.2) is 0 Å². The highest BCUT2D eigenvalue weighted by molar-refractivity contribution is 5.74. The van der Waals surface area contributed by atoms with Gasteiger partial charge in [0, 0.05) is 25.1 Å². The third kappa shape index (κ3) is 10.5. The molecule has 0 saturated heterocycles. The van der Waals surface area contributed by atoms with E-state index in [1.165, 1.54) is 22.3 Å². The minimum atomic E-state index is -0.751. The molecule has 0 fully saturated rings. The third-order valence-corrected chi connectivity index (χ3v) is 7.62. The van der Waals surface area contributed by atoms with E-state index in [-0.39, 0.29) is 6.42 Å². The van der Waals surface area contributed by atoms with Gasteiger partial charge in [0.05, 0.1) is 0 Å². The van der Waals surface area contributed by atoms with Gasteiger partial charge in [0.2, 0.25) is 0 Å². The number of hydrogen-bond donors (Lipinski definition) is 1. The van der Waals surface area contributed by atoms with Crippen LogP contribution in [0.1, 0.15) is 65.6 Å². The van der Waals surface area contributed by atoms with Gasteiger partial charge in [-0.15, -0.1) is 0 Å². The minimum Gasteiger partial charge on any atom is -0.489 e. The molecule has 214 valence electrons. The Morgan fingerprint density at radius 1 is 0.780 bits per heavy atom. The van der Waals surface area contributed by atoms with Crippen molar-refractivity contribution in [2.24, 2.45) is 0 Å². The average Bonchev–Trinajstić information content (AvgIpc) is 3.01. The SMILES string of the molecule is O=Cc1ccc(CN(CCCCC(=O)O)CCc2ccccc2OCC2=CC=C(CCc3ccccc3)CC2)cc1. The van der Waals surface area contributed by atoms with E-state index in [1.807, 2.05) is 30.3 Å². The molecule has 5 heteroatoms. The van der Waals surface area contributed by atoms with E-state index in [0.717, 1.165) is 75.8 Å². The smallest absolute Gasteiger partial charge is 0.303 e. The van der Waals surface area contributed by atoms with Crippen LogP contribution in [0, 0.1) is 0 Å². The normalized spacial score (nSPS) is 13.0. The first-order valence-corrected chi connectivity index (χ1v) is 14.7. The zero-order chi connectivity index (χ0) is 28.7. The zero-order valence-corrected chi connectivity index (χ0v) is 23.8. The number of rotatable bonds is 17. The molecule has 0 amide bonds. The maximum absolute atomic E-state index is 11.0.